The largest absolute Gasteiger partial charge is 0.324 e. The number of hydrogen-bond donors (Lipinski definition) is 1. The Morgan fingerprint density at radius 1 is 0.532 bits per heavy atom. The third-order valence-corrected chi connectivity index (χ3v) is 10.1. The number of nitrogens with two attached hydrogens (primary N) is 1. The van der Waals surface area contributed by atoms with E-state index in [1.807, 2.05) is 6.07 Å². The van der Waals surface area contributed by atoms with Gasteiger partial charge in [0, 0.05) is 28.1 Å². The normalized spacial score (nSPS) is 13.8. The molecule has 1 aromatic heterocycles. The van der Waals surface area contributed by atoms with Gasteiger partial charge in [-0.2, -0.15) is 0 Å². The van der Waals surface area contributed by atoms with Crippen molar-refractivity contribution in [3.05, 3.63) is 209 Å². The zero-order valence-corrected chi connectivity index (χ0v) is 26.1. The van der Waals surface area contributed by atoms with Crippen LogP contribution in [0.15, 0.2) is 176 Å². The standard InChI is InChI=1S/C45H34N2/c46-41(32-16-4-1-5-17-32)30-31-15-14-22-35(29-31)47-42-26-13-11-24-37(42)39-28-27-38-36-23-10-12-25-40(36)45(43(38)44(39)47,33-18-6-2-7-19-33)34-20-8-3-9-21-34/h1-29,41H,30,46H2/t41-/m1/s1. The van der Waals surface area contributed by atoms with Crippen LogP contribution in [0.1, 0.15) is 39.4 Å². The Kier molecular flexibility index (Phi) is 6.45. The van der Waals surface area contributed by atoms with Crippen LogP contribution < -0.4 is 5.73 Å². The fraction of sp³-hybridized carbons (Fsp3) is 0.0667. The molecule has 2 nitrogen and oxygen atoms in total. The molecule has 224 valence electrons. The first-order valence-corrected chi connectivity index (χ1v) is 16.4. The van der Waals surface area contributed by atoms with Crippen molar-refractivity contribution in [3.63, 3.8) is 0 Å². The molecule has 0 saturated heterocycles. The summed E-state index contributed by atoms with van der Waals surface area (Å²) in [6, 6.07) is 64.0. The Morgan fingerprint density at radius 2 is 1.17 bits per heavy atom. The third kappa shape index (κ3) is 4.15. The van der Waals surface area contributed by atoms with Gasteiger partial charge in [-0.15, -0.1) is 0 Å². The minimum atomic E-state index is -0.507. The fourth-order valence-corrected chi connectivity index (χ4v) is 8.15. The first kappa shape index (κ1) is 27.6. The lowest BCUT2D eigenvalue weighted by Crippen LogP contribution is -2.29. The smallest absolute Gasteiger partial charge is 0.0734 e. The summed E-state index contributed by atoms with van der Waals surface area (Å²) in [5, 5.41) is 2.51. The van der Waals surface area contributed by atoms with E-state index >= 15 is 0 Å². The predicted octanol–water partition coefficient (Wildman–Crippen LogP) is 10.4. The van der Waals surface area contributed by atoms with Crippen LogP contribution in [0.2, 0.25) is 0 Å². The number of rotatable bonds is 6. The van der Waals surface area contributed by atoms with Crippen molar-refractivity contribution in [2.24, 2.45) is 5.73 Å². The SMILES string of the molecule is N[C@H](Cc1cccc(-n2c3ccccc3c3ccc4c(c32)C(c2ccccc2)(c2ccccc2)c2ccccc2-4)c1)c1ccccc1. The van der Waals surface area contributed by atoms with Gasteiger partial charge in [-0.3, -0.25) is 0 Å². The predicted molar refractivity (Wildman–Crippen MR) is 195 cm³/mol. The number of aromatic nitrogens is 1. The average Bonchev–Trinajstić information content (AvgIpc) is 3.64. The summed E-state index contributed by atoms with van der Waals surface area (Å²) < 4.78 is 2.51. The quantitative estimate of drug-likeness (QED) is 0.202. The zero-order chi connectivity index (χ0) is 31.4. The molecule has 8 aromatic rings. The molecule has 1 aliphatic rings. The summed E-state index contributed by atoms with van der Waals surface area (Å²) in [5.74, 6) is 0. The van der Waals surface area contributed by atoms with Crippen molar-refractivity contribution in [1.29, 1.82) is 0 Å². The molecule has 0 fully saturated rings. The molecule has 7 aromatic carbocycles. The van der Waals surface area contributed by atoms with Crippen LogP contribution in [0.25, 0.3) is 38.6 Å². The van der Waals surface area contributed by atoms with E-state index in [-0.39, 0.29) is 6.04 Å². The van der Waals surface area contributed by atoms with Crippen LogP contribution in [0.5, 0.6) is 0 Å². The highest BCUT2D eigenvalue weighted by atomic mass is 15.0. The molecule has 1 heterocycles. The zero-order valence-electron chi connectivity index (χ0n) is 26.1. The molecule has 9 rings (SSSR count). The number of nitrogens with zero attached hydrogens (tertiary/aromatic N) is 1. The van der Waals surface area contributed by atoms with Gasteiger partial charge in [-0.1, -0.05) is 158 Å². The molecule has 0 unspecified atom stereocenters. The first-order valence-electron chi connectivity index (χ1n) is 16.4. The van der Waals surface area contributed by atoms with Gasteiger partial charge in [-0.25, -0.2) is 0 Å². The summed E-state index contributed by atoms with van der Waals surface area (Å²) in [7, 11) is 0. The topological polar surface area (TPSA) is 30.9 Å². The van der Waals surface area contributed by atoms with Crippen LogP contribution in [-0.4, -0.2) is 4.57 Å². The highest BCUT2D eigenvalue weighted by molar-refractivity contribution is 6.13. The van der Waals surface area contributed by atoms with Crippen molar-refractivity contribution in [2.75, 3.05) is 0 Å². The van der Waals surface area contributed by atoms with Crippen molar-refractivity contribution in [1.82, 2.24) is 4.57 Å². The van der Waals surface area contributed by atoms with Crippen molar-refractivity contribution >= 4 is 21.8 Å². The van der Waals surface area contributed by atoms with E-state index in [4.69, 9.17) is 5.73 Å². The summed E-state index contributed by atoms with van der Waals surface area (Å²) in [4.78, 5) is 0. The molecule has 0 spiro atoms. The second kappa shape index (κ2) is 11.0. The van der Waals surface area contributed by atoms with Gasteiger partial charge >= 0.3 is 0 Å². The van der Waals surface area contributed by atoms with E-state index < -0.39 is 5.41 Å². The van der Waals surface area contributed by atoms with Gasteiger partial charge in [0.15, 0.2) is 0 Å². The van der Waals surface area contributed by atoms with Gasteiger partial charge in [-0.05, 0) is 63.6 Å². The number of fused-ring (bicyclic) bond motifs is 7. The van der Waals surface area contributed by atoms with Crippen LogP contribution in [-0.2, 0) is 11.8 Å². The van der Waals surface area contributed by atoms with Crippen LogP contribution in [0, 0.1) is 0 Å². The maximum atomic E-state index is 6.76. The second-order valence-corrected chi connectivity index (χ2v) is 12.7. The Hall–Kier alpha value is -5.70. The monoisotopic (exact) mass is 602 g/mol. The van der Waals surface area contributed by atoms with E-state index in [2.05, 4.69) is 174 Å². The molecule has 2 N–H and O–H groups in total. The molecule has 0 bridgehead atoms. The summed E-state index contributed by atoms with van der Waals surface area (Å²) in [6.45, 7) is 0. The highest BCUT2D eigenvalue weighted by Crippen LogP contribution is 2.59. The Labute approximate surface area is 275 Å². The molecule has 0 aliphatic heterocycles. The lowest BCUT2D eigenvalue weighted by molar-refractivity contribution is 0.721. The minimum Gasteiger partial charge on any atom is -0.324 e. The number of para-hydroxylation sites is 1. The van der Waals surface area contributed by atoms with Gasteiger partial charge in [0.25, 0.3) is 0 Å². The molecule has 0 saturated carbocycles. The van der Waals surface area contributed by atoms with Gasteiger partial charge in [0.2, 0.25) is 0 Å². The van der Waals surface area contributed by atoms with E-state index in [1.165, 1.54) is 60.8 Å². The van der Waals surface area contributed by atoms with Crippen LogP contribution in [0.4, 0.5) is 0 Å². The molecule has 1 atom stereocenters. The molecular weight excluding hydrogens is 569 g/mol. The average molecular weight is 603 g/mol. The summed E-state index contributed by atoms with van der Waals surface area (Å²) in [5.41, 5.74) is 20.0. The first-order chi connectivity index (χ1) is 23.2. The fourth-order valence-electron chi connectivity index (χ4n) is 8.15. The van der Waals surface area contributed by atoms with Crippen LogP contribution in [0.3, 0.4) is 0 Å². The number of hydrogen-bond acceptors (Lipinski definition) is 1. The maximum absolute atomic E-state index is 6.76. The lowest BCUT2D eigenvalue weighted by atomic mass is 9.67. The second-order valence-electron chi connectivity index (χ2n) is 12.7. The number of benzene rings is 7. The maximum Gasteiger partial charge on any atom is 0.0734 e. The Morgan fingerprint density at radius 3 is 1.91 bits per heavy atom. The minimum absolute atomic E-state index is 0.0767. The molecule has 0 radical (unpaired) electrons. The van der Waals surface area contributed by atoms with Gasteiger partial charge in [0.1, 0.15) is 0 Å². The van der Waals surface area contributed by atoms with Crippen LogP contribution >= 0.6 is 0 Å². The van der Waals surface area contributed by atoms with E-state index in [1.54, 1.807) is 0 Å². The molecule has 0 amide bonds. The molecule has 1 aliphatic carbocycles. The van der Waals surface area contributed by atoms with Gasteiger partial charge < -0.3 is 10.3 Å². The van der Waals surface area contributed by atoms with Crippen molar-refractivity contribution in [2.45, 2.75) is 17.9 Å². The Bertz CT molecular complexity index is 2350. The highest BCUT2D eigenvalue weighted by Gasteiger charge is 2.48. The molecular formula is C45H34N2. The third-order valence-electron chi connectivity index (χ3n) is 10.1. The van der Waals surface area contributed by atoms with E-state index in [0.29, 0.717) is 0 Å². The molecule has 2 heteroatoms. The van der Waals surface area contributed by atoms with E-state index in [0.717, 1.165) is 17.7 Å². The van der Waals surface area contributed by atoms with E-state index in [9.17, 15) is 0 Å². The summed E-state index contributed by atoms with van der Waals surface area (Å²) >= 11 is 0. The van der Waals surface area contributed by atoms with Gasteiger partial charge in [0.05, 0.1) is 16.4 Å². The summed E-state index contributed by atoms with van der Waals surface area (Å²) in [6.07, 6.45) is 0.760. The van der Waals surface area contributed by atoms with Crippen molar-refractivity contribution < 1.29 is 0 Å². The van der Waals surface area contributed by atoms with Crippen molar-refractivity contribution in [3.8, 4) is 16.8 Å². The molecule has 47 heavy (non-hydrogen) atoms. The Balaban J connectivity index is 1.38. The lowest BCUT2D eigenvalue weighted by Gasteiger charge is -2.34.